The summed E-state index contributed by atoms with van der Waals surface area (Å²) in [4.78, 5) is 0. The van der Waals surface area contributed by atoms with Crippen molar-refractivity contribution in [3.05, 3.63) is 46.7 Å². The Morgan fingerprint density at radius 1 is 1.24 bits per heavy atom. The Bertz CT molecular complexity index is 579. The number of alkyl halides is 1. The van der Waals surface area contributed by atoms with Crippen molar-refractivity contribution >= 4 is 23.2 Å². The van der Waals surface area contributed by atoms with Crippen LogP contribution in [0.2, 0.25) is 5.02 Å². The Kier molecular flexibility index (Phi) is 5.95. The monoisotopic (exact) mass is 326 g/mol. The lowest BCUT2D eigenvalue weighted by molar-refractivity contribution is 0.295. The average molecular weight is 327 g/mol. The maximum Gasteiger partial charge on any atom is 0.132 e. The second kappa shape index (κ2) is 7.71. The summed E-state index contributed by atoms with van der Waals surface area (Å²) in [5.74, 6) is 1.13. The van der Waals surface area contributed by atoms with Crippen LogP contribution in [0.4, 0.5) is 0 Å². The third-order valence-electron chi connectivity index (χ3n) is 3.52. The average Bonchev–Trinajstić information content (AvgIpc) is 2.96. The van der Waals surface area contributed by atoms with Gasteiger partial charge in [0.2, 0.25) is 0 Å². The number of benzene rings is 1. The minimum atomic E-state index is 0.373. The van der Waals surface area contributed by atoms with Gasteiger partial charge in [0.15, 0.2) is 0 Å². The Morgan fingerprint density at radius 3 is 2.67 bits per heavy atom. The molecular formula is C16H20Cl2N2O. The van der Waals surface area contributed by atoms with Crippen LogP contribution in [-0.2, 0) is 12.5 Å². The molecule has 5 heteroatoms. The molecule has 0 radical (unpaired) electrons. The Labute approximate surface area is 135 Å². The summed E-state index contributed by atoms with van der Waals surface area (Å²) in [5, 5.41) is 5.24. The molecule has 0 aliphatic rings. The summed E-state index contributed by atoms with van der Waals surface area (Å²) in [6.07, 6.45) is 4.17. The fourth-order valence-corrected chi connectivity index (χ4v) is 2.67. The Hall–Kier alpha value is -1.19. The maximum absolute atomic E-state index is 5.95. The Balaban J connectivity index is 2.03. The molecule has 114 valence electrons. The molecule has 0 amide bonds. The molecule has 2 rings (SSSR count). The summed E-state index contributed by atoms with van der Waals surface area (Å²) >= 11 is 11.9. The molecule has 3 nitrogen and oxygen atoms in total. The largest absolute Gasteiger partial charge is 0.487 e. The van der Waals surface area contributed by atoms with Crippen molar-refractivity contribution in [1.82, 2.24) is 9.78 Å². The van der Waals surface area contributed by atoms with E-state index in [0.717, 1.165) is 29.8 Å². The number of nitrogens with zero attached hydrogens (tertiary/aromatic N) is 2. The number of rotatable bonds is 7. The zero-order chi connectivity index (χ0) is 15.2. The molecule has 2 aromatic rings. The molecule has 21 heavy (non-hydrogen) atoms. The summed E-state index contributed by atoms with van der Waals surface area (Å²) in [6.45, 7) is 4.78. The number of aromatic nitrogens is 2. The van der Waals surface area contributed by atoms with Crippen molar-refractivity contribution in [2.45, 2.75) is 45.2 Å². The van der Waals surface area contributed by atoms with E-state index in [1.165, 1.54) is 0 Å². The molecular weight excluding hydrogens is 307 g/mol. The van der Waals surface area contributed by atoms with E-state index in [2.05, 4.69) is 18.9 Å². The summed E-state index contributed by atoms with van der Waals surface area (Å²) in [7, 11) is 0. The minimum absolute atomic E-state index is 0.373. The summed E-state index contributed by atoms with van der Waals surface area (Å²) in [6, 6.07) is 7.92. The first-order valence-corrected chi connectivity index (χ1v) is 8.10. The molecule has 0 saturated carbocycles. The van der Waals surface area contributed by atoms with E-state index in [1.807, 2.05) is 29.1 Å². The molecule has 1 aromatic heterocycles. The standard InChI is InChI=1S/C16H20Cl2N2O/c1-3-15(4-2)20-8-7-14(19-20)11-21-16-6-5-13(18)9-12(16)10-17/h5-9,15H,3-4,10-11H2,1-2H3. The first kappa shape index (κ1) is 16.2. The van der Waals surface area contributed by atoms with E-state index in [0.29, 0.717) is 23.6 Å². The van der Waals surface area contributed by atoms with Gasteiger partial charge in [-0.15, -0.1) is 11.6 Å². The van der Waals surface area contributed by atoms with Crippen LogP contribution in [0.15, 0.2) is 30.5 Å². The highest BCUT2D eigenvalue weighted by Gasteiger charge is 2.09. The number of hydrogen-bond donors (Lipinski definition) is 0. The second-order valence-electron chi connectivity index (χ2n) is 4.93. The molecule has 0 saturated heterocycles. The van der Waals surface area contributed by atoms with Crippen molar-refractivity contribution in [2.75, 3.05) is 0 Å². The van der Waals surface area contributed by atoms with Gasteiger partial charge in [0.1, 0.15) is 12.4 Å². The normalized spacial score (nSPS) is 11.1. The van der Waals surface area contributed by atoms with Gasteiger partial charge in [-0.3, -0.25) is 4.68 Å². The molecule has 0 aliphatic heterocycles. The third-order valence-corrected chi connectivity index (χ3v) is 4.05. The second-order valence-corrected chi connectivity index (χ2v) is 5.64. The van der Waals surface area contributed by atoms with Crippen molar-refractivity contribution in [2.24, 2.45) is 0 Å². The van der Waals surface area contributed by atoms with Gasteiger partial charge in [0, 0.05) is 16.8 Å². The van der Waals surface area contributed by atoms with Crippen LogP contribution >= 0.6 is 23.2 Å². The highest BCUT2D eigenvalue weighted by molar-refractivity contribution is 6.30. The molecule has 1 aromatic carbocycles. The molecule has 0 unspecified atom stereocenters. The lowest BCUT2D eigenvalue weighted by atomic mass is 10.2. The molecule has 1 heterocycles. The van der Waals surface area contributed by atoms with Gasteiger partial charge in [-0.2, -0.15) is 5.10 Å². The smallest absolute Gasteiger partial charge is 0.132 e. The molecule has 0 fully saturated rings. The molecule has 0 bridgehead atoms. The maximum atomic E-state index is 5.95. The van der Waals surface area contributed by atoms with Gasteiger partial charge in [0.05, 0.1) is 17.6 Å². The van der Waals surface area contributed by atoms with Gasteiger partial charge in [-0.25, -0.2) is 0 Å². The van der Waals surface area contributed by atoms with Crippen molar-refractivity contribution < 1.29 is 4.74 Å². The van der Waals surface area contributed by atoms with Gasteiger partial charge in [0.25, 0.3) is 0 Å². The lowest BCUT2D eigenvalue weighted by Gasteiger charge is -2.12. The first-order valence-electron chi connectivity index (χ1n) is 7.19. The van der Waals surface area contributed by atoms with Crippen molar-refractivity contribution in [1.29, 1.82) is 0 Å². The fraction of sp³-hybridized carbons (Fsp3) is 0.438. The van der Waals surface area contributed by atoms with Gasteiger partial charge in [-0.1, -0.05) is 25.4 Å². The van der Waals surface area contributed by atoms with E-state index in [1.54, 1.807) is 6.07 Å². The Morgan fingerprint density at radius 2 is 2.00 bits per heavy atom. The molecule has 0 spiro atoms. The van der Waals surface area contributed by atoms with Crippen LogP contribution in [0.5, 0.6) is 5.75 Å². The van der Waals surface area contributed by atoms with E-state index in [4.69, 9.17) is 27.9 Å². The zero-order valence-corrected chi connectivity index (χ0v) is 13.9. The van der Waals surface area contributed by atoms with E-state index < -0.39 is 0 Å². The van der Waals surface area contributed by atoms with Crippen molar-refractivity contribution in [3.8, 4) is 5.75 Å². The molecule has 0 N–H and O–H groups in total. The van der Waals surface area contributed by atoms with Crippen LogP contribution in [-0.4, -0.2) is 9.78 Å². The number of halogens is 2. The zero-order valence-electron chi connectivity index (χ0n) is 12.4. The lowest BCUT2D eigenvalue weighted by Crippen LogP contribution is -2.08. The predicted molar refractivity (Wildman–Crippen MR) is 87.2 cm³/mol. The SMILES string of the molecule is CCC(CC)n1ccc(COc2ccc(Cl)cc2CCl)n1. The van der Waals surface area contributed by atoms with E-state index >= 15 is 0 Å². The number of ether oxygens (including phenoxy) is 1. The number of hydrogen-bond acceptors (Lipinski definition) is 2. The highest BCUT2D eigenvalue weighted by atomic mass is 35.5. The van der Waals surface area contributed by atoms with Crippen molar-refractivity contribution in [3.63, 3.8) is 0 Å². The van der Waals surface area contributed by atoms with Crippen LogP contribution < -0.4 is 4.74 Å². The van der Waals surface area contributed by atoms with Gasteiger partial charge < -0.3 is 4.74 Å². The van der Waals surface area contributed by atoms with Crippen LogP contribution in [0.1, 0.15) is 44.0 Å². The fourth-order valence-electron chi connectivity index (χ4n) is 2.27. The van der Waals surface area contributed by atoms with E-state index in [-0.39, 0.29) is 0 Å². The topological polar surface area (TPSA) is 27.1 Å². The highest BCUT2D eigenvalue weighted by Crippen LogP contribution is 2.25. The van der Waals surface area contributed by atoms with Crippen LogP contribution in [0.3, 0.4) is 0 Å². The minimum Gasteiger partial charge on any atom is -0.487 e. The summed E-state index contributed by atoms with van der Waals surface area (Å²) < 4.78 is 7.83. The predicted octanol–water partition coefficient (Wildman–Crippen LogP) is 5.22. The van der Waals surface area contributed by atoms with E-state index in [9.17, 15) is 0 Å². The molecule has 0 aliphatic carbocycles. The molecule has 0 atom stereocenters. The summed E-state index contributed by atoms with van der Waals surface area (Å²) in [5.41, 5.74) is 1.81. The first-order chi connectivity index (χ1) is 10.2. The van der Waals surface area contributed by atoms with Gasteiger partial charge >= 0.3 is 0 Å². The third kappa shape index (κ3) is 4.14. The quantitative estimate of drug-likeness (QED) is 0.652. The van der Waals surface area contributed by atoms with Gasteiger partial charge in [-0.05, 0) is 37.1 Å². The van der Waals surface area contributed by atoms with Crippen LogP contribution in [0.25, 0.3) is 0 Å². The van der Waals surface area contributed by atoms with Crippen LogP contribution in [0, 0.1) is 0 Å².